The first kappa shape index (κ1) is 12.2. The molecule has 0 aliphatic rings. The van der Waals surface area contributed by atoms with E-state index in [1.54, 1.807) is 6.08 Å². The summed E-state index contributed by atoms with van der Waals surface area (Å²) in [4.78, 5) is 11.2. The molecule has 0 saturated carbocycles. The van der Waals surface area contributed by atoms with Crippen LogP contribution in [-0.2, 0) is 4.79 Å². The highest BCUT2D eigenvalue weighted by Crippen LogP contribution is 2.01. The molecule has 0 unspecified atom stereocenters. The predicted octanol–water partition coefficient (Wildman–Crippen LogP) is 2.65. The van der Waals surface area contributed by atoms with Crippen molar-refractivity contribution < 1.29 is 4.79 Å². The molecule has 1 amide bonds. The molecule has 0 bridgehead atoms. The van der Waals surface area contributed by atoms with Gasteiger partial charge in [-0.05, 0) is 19.8 Å². The van der Waals surface area contributed by atoms with Crippen molar-refractivity contribution in [1.29, 1.82) is 0 Å². The fourth-order valence-electron chi connectivity index (χ4n) is 1.13. The number of unbranched alkanes of at least 4 members (excludes halogenated alkanes) is 1. The molecule has 2 nitrogen and oxygen atoms in total. The van der Waals surface area contributed by atoms with E-state index < -0.39 is 0 Å². The molecular formula is C11H21NO. The van der Waals surface area contributed by atoms with Crippen molar-refractivity contribution in [3.8, 4) is 0 Å². The molecule has 0 saturated heterocycles. The monoisotopic (exact) mass is 183 g/mol. The first-order chi connectivity index (χ1) is 6.20. The molecule has 0 radical (unpaired) electrons. The van der Waals surface area contributed by atoms with Gasteiger partial charge in [-0.2, -0.15) is 0 Å². The number of hydrogen-bond acceptors (Lipinski definition) is 1. The highest BCUT2D eigenvalue weighted by Gasteiger charge is 1.95. The molecule has 0 spiro atoms. The van der Waals surface area contributed by atoms with Crippen molar-refractivity contribution in [2.24, 2.45) is 0 Å². The van der Waals surface area contributed by atoms with Crippen LogP contribution in [0.1, 0.15) is 46.5 Å². The molecule has 76 valence electrons. The molecular weight excluding hydrogens is 162 g/mol. The lowest BCUT2D eigenvalue weighted by atomic mass is 10.1. The number of nitrogens with one attached hydrogen (secondary N) is 1. The first-order valence-corrected chi connectivity index (χ1v) is 5.15. The SMILES string of the molecule is CCCCNC(=O)/C=C(\C)CCC. The topological polar surface area (TPSA) is 29.1 Å². The summed E-state index contributed by atoms with van der Waals surface area (Å²) in [7, 11) is 0. The smallest absolute Gasteiger partial charge is 0.243 e. The fourth-order valence-corrected chi connectivity index (χ4v) is 1.13. The van der Waals surface area contributed by atoms with Gasteiger partial charge in [-0.1, -0.05) is 32.3 Å². The number of carbonyl (C=O) groups is 1. The van der Waals surface area contributed by atoms with E-state index in [0.717, 1.165) is 37.8 Å². The van der Waals surface area contributed by atoms with E-state index in [2.05, 4.69) is 19.2 Å². The van der Waals surface area contributed by atoms with Crippen molar-refractivity contribution in [1.82, 2.24) is 5.32 Å². The van der Waals surface area contributed by atoms with E-state index >= 15 is 0 Å². The van der Waals surface area contributed by atoms with Gasteiger partial charge in [0.2, 0.25) is 5.91 Å². The maximum atomic E-state index is 11.2. The van der Waals surface area contributed by atoms with E-state index in [-0.39, 0.29) is 5.91 Å². The molecule has 0 aromatic heterocycles. The van der Waals surface area contributed by atoms with E-state index in [4.69, 9.17) is 0 Å². The van der Waals surface area contributed by atoms with Crippen molar-refractivity contribution in [3.63, 3.8) is 0 Å². The Bertz CT molecular complexity index is 173. The van der Waals surface area contributed by atoms with Crippen LogP contribution in [0.15, 0.2) is 11.6 Å². The first-order valence-electron chi connectivity index (χ1n) is 5.15. The van der Waals surface area contributed by atoms with Crippen LogP contribution < -0.4 is 5.32 Å². The van der Waals surface area contributed by atoms with Crippen LogP contribution in [0.2, 0.25) is 0 Å². The predicted molar refractivity (Wildman–Crippen MR) is 56.6 cm³/mol. The second-order valence-corrected chi connectivity index (χ2v) is 3.39. The van der Waals surface area contributed by atoms with Gasteiger partial charge in [-0.15, -0.1) is 0 Å². The summed E-state index contributed by atoms with van der Waals surface area (Å²) in [6.07, 6.45) is 6.01. The van der Waals surface area contributed by atoms with E-state index in [0.29, 0.717) is 0 Å². The third-order valence-electron chi connectivity index (χ3n) is 1.85. The number of carbonyl (C=O) groups excluding carboxylic acids is 1. The van der Waals surface area contributed by atoms with Crippen LogP contribution in [-0.4, -0.2) is 12.5 Å². The zero-order valence-electron chi connectivity index (χ0n) is 9.02. The molecule has 0 aromatic carbocycles. The Balaban J connectivity index is 3.65. The number of amides is 1. The highest BCUT2D eigenvalue weighted by atomic mass is 16.1. The van der Waals surface area contributed by atoms with Gasteiger partial charge in [-0.3, -0.25) is 4.79 Å². The second kappa shape index (κ2) is 7.84. The molecule has 1 N–H and O–H groups in total. The molecule has 0 atom stereocenters. The summed E-state index contributed by atoms with van der Waals surface area (Å²) >= 11 is 0. The van der Waals surface area contributed by atoms with Gasteiger partial charge in [0, 0.05) is 12.6 Å². The normalized spacial score (nSPS) is 11.5. The Kier molecular flexibility index (Phi) is 7.36. The molecule has 0 aliphatic carbocycles. The van der Waals surface area contributed by atoms with Gasteiger partial charge in [0.05, 0.1) is 0 Å². The Hall–Kier alpha value is -0.790. The summed E-state index contributed by atoms with van der Waals surface area (Å²) in [6.45, 7) is 7.03. The summed E-state index contributed by atoms with van der Waals surface area (Å²) in [5.74, 6) is 0.0550. The molecule has 0 rings (SSSR count). The third-order valence-corrected chi connectivity index (χ3v) is 1.85. The third kappa shape index (κ3) is 7.57. The van der Waals surface area contributed by atoms with E-state index in [9.17, 15) is 4.79 Å². The zero-order chi connectivity index (χ0) is 10.1. The number of hydrogen-bond donors (Lipinski definition) is 1. The molecule has 2 heteroatoms. The van der Waals surface area contributed by atoms with Gasteiger partial charge in [0.25, 0.3) is 0 Å². The van der Waals surface area contributed by atoms with Gasteiger partial charge >= 0.3 is 0 Å². The van der Waals surface area contributed by atoms with E-state index in [1.807, 2.05) is 6.92 Å². The maximum Gasteiger partial charge on any atom is 0.243 e. The summed E-state index contributed by atoms with van der Waals surface area (Å²) in [5, 5.41) is 2.86. The number of rotatable bonds is 6. The van der Waals surface area contributed by atoms with Gasteiger partial charge < -0.3 is 5.32 Å². The van der Waals surface area contributed by atoms with Gasteiger partial charge in [0.1, 0.15) is 0 Å². The summed E-state index contributed by atoms with van der Waals surface area (Å²) in [6, 6.07) is 0. The Morgan fingerprint density at radius 1 is 1.31 bits per heavy atom. The molecule has 0 heterocycles. The average Bonchev–Trinajstić information content (AvgIpc) is 2.05. The molecule has 0 aliphatic heterocycles. The fraction of sp³-hybridized carbons (Fsp3) is 0.727. The standard InChI is InChI=1S/C11H21NO/c1-4-6-8-12-11(13)9-10(3)7-5-2/h9H,4-8H2,1-3H3,(H,12,13)/b10-9+. The molecule has 0 aromatic rings. The second-order valence-electron chi connectivity index (χ2n) is 3.39. The van der Waals surface area contributed by atoms with Crippen LogP contribution in [0.25, 0.3) is 0 Å². The molecule has 0 fully saturated rings. The quantitative estimate of drug-likeness (QED) is 0.498. The van der Waals surface area contributed by atoms with Crippen LogP contribution in [0.3, 0.4) is 0 Å². The Morgan fingerprint density at radius 2 is 2.00 bits per heavy atom. The largest absolute Gasteiger partial charge is 0.353 e. The summed E-state index contributed by atoms with van der Waals surface area (Å²) < 4.78 is 0. The summed E-state index contributed by atoms with van der Waals surface area (Å²) in [5.41, 5.74) is 1.16. The van der Waals surface area contributed by atoms with Crippen LogP contribution in [0, 0.1) is 0 Å². The lowest BCUT2D eigenvalue weighted by Crippen LogP contribution is -2.22. The minimum absolute atomic E-state index is 0.0550. The van der Waals surface area contributed by atoms with Crippen LogP contribution in [0.4, 0.5) is 0 Å². The van der Waals surface area contributed by atoms with Crippen molar-refractivity contribution >= 4 is 5.91 Å². The lowest BCUT2D eigenvalue weighted by molar-refractivity contribution is -0.116. The van der Waals surface area contributed by atoms with Crippen molar-refractivity contribution in [3.05, 3.63) is 11.6 Å². The molecule has 13 heavy (non-hydrogen) atoms. The van der Waals surface area contributed by atoms with Crippen LogP contribution in [0.5, 0.6) is 0 Å². The zero-order valence-corrected chi connectivity index (χ0v) is 9.02. The van der Waals surface area contributed by atoms with Crippen LogP contribution >= 0.6 is 0 Å². The van der Waals surface area contributed by atoms with Crippen molar-refractivity contribution in [2.75, 3.05) is 6.54 Å². The number of allylic oxidation sites excluding steroid dienone is 1. The maximum absolute atomic E-state index is 11.2. The van der Waals surface area contributed by atoms with E-state index in [1.165, 1.54) is 0 Å². The minimum atomic E-state index is 0.0550. The average molecular weight is 183 g/mol. The minimum Gasteiger partial charge on any atom is -0.353 e. The van der Waals surface area contributed by atoms with Crippen molar-refractivity contribution in [2.45, 2.75) is 46.5 Å². The lowest BCUT2D eigenvalue weighted by Gasteiger charge is -2.01. The highest BCUT2D eigenvalue weighted by molar-refractivity contribution is 5.88. The Morgan fingerprint density at radius 3 is 2.54 bits per heavy atom. The van der Waals surface area contributed by atoms with Gasteiger partial charge in [0.15, 0.2) is 0 Å². The Labute approximate surface area is 81.4 Å². The van der Waals surface area contributed by atoms with Gasteiger partial charge in [-0.25, -0.2) is 0 Å².